The molecule has 0 spiro atoms. The van der Waals surface area contributed by atoms with Crippen molar-refractivity contribution < 1.29 is 13.2 Å². The molecule has 0 aromatic heterocycles. The van der Waals surface area contributed by atoms with Crippen LogP contribution in [0.3, 0.4) is 0 Å². The molecule has 2 atom stereocenters. The number of nitrogens with one attached hydrogen (secondary N) is 1. The Bertz CT molecular complexity index is 854. The van der Waals surface area contributed by atoms with Crippen LogP contribution < -0.4 is 5.32 Å². The molecule has 0 aliphatic carbocycles. The molecule has 0 bridgehead atoms. The van der Waals surface area contributed by atoms with Crippen molar-refractivity contribution in [2.45, 2.75) is 43.0 Å². The van der Waals surface area contributed by atoms with Crippen molar-refractivity contribution in [2.24, 2.45) is 0 Å². The Hall–Kier alpha value is -2.18. The molecule has 2 aromatic rings. The van der Waals surface area contributed by atoms with Crippen molar-refractivity contribution in [1.29, 1.82) is 0 Å². The zero-order chi connectivity index (χ0) is 19.3. The minimum Gasteiger partial charge on any atom is -0.354 e. The maximum atomic E-state index is 13.0. The van der Waals surface area contributed by atoms with Crippen molar-refractivity contribution in [2.75, 3.05) is 13.1 Å². The van der Waals surface area contributed by atoms with Crippen LogP contribution in [0.2, 0.25) is 0 Å². The van der Waals surface area contributed by atoms with E-state index in [9.17, 15) is 13.2 Å². The summed E-state index contributed by atoms with van der Waals surface area (Å²) < 4.78 is 27.4. The molecular weight excluding hydrogens is 360 g/mol. The standard InChI is InChI=1S/C21H26N2O3S/c1-17(18-10-4-2-5-11-18)16-22-21(24)20-14-8-9-15-23(20)27(25,26)19-12-6-3-7-13-19/h2-7,10-13,17,20H,8-9,14-16H2,1H3,(H,22,24). The Labute approximate surface area is 161 Å². The SMILES string of the molecule is CC(CNC(=O)C1CCCCN1S(=O)(=O)c1ccccc1)c1ccccc1. The van der Waals surface area contributed by atoms with Gasteiger partial charge in [-0.1, -0.05) is 61.9 Å². The first kappa shape index (κ1) is 19.6. The van der Waals surface area contributed by atoms with Gasteiger partial charge in [0.1, 0.15) is 6.04 Å². The van der Waals surface area contributed by atoms with E-state index in [0.29, 0.717) is 19.5 Å². The fourth-order valence-electron chi connectivity index (χ4n) is 3.45. The number of carbonyl (C=O) groups is 1. The Morgan fingerprint density at radius 3 is 2.37 bits per heavy atom. The lowest BCUT2D eigenvalue weighted by Crippen LogP contribution is -2.52. The molecule has 5 nitrogen and oxygen atoms in total. The number of amides is 1. The molecule has 1 N–H and O–H groups in total. The van der Waals surface area contributed by atoms with E-state index in [1.807, 2.05) is 30.3 Å². The van der Waals surface area contributed by atoms with Crippen LogP contribution in [0, 0.1) is 0 Å². The van der Waals surface area contributed by atoms with E-state index in [4.69, 9.17) is 0 Å². The molecule has 1 amide bonds. The van der Waals surface area contributed by atoms with E-state index in [1.165, 1.54) is 4.31 Å². The Morgan fingerprint density at radius 2 is 1.70 bits per heavy atom. The monoisotopic (exact) mass is 386 g/mol. The molecule has 0 saturated carbocycles. The van der Waals surface area contributed by atoms with Gasteiger partial charge in [0.2, 0.25) is 15.9 Å². The number of piperidine rings is 1. The summed E-state index contributed by atoms with van der Waals surface area (Å²) in [7, 11) is -3.67. The van der Waals surface area contributed by atoms with E-state index >= 15 is 0 Å². The molecule has 1 saturated heterocycles. The van der Waals surface area contributed by atoms with Crippen molar-refractivity contribution >= 4 is 15.9 Å². The summed E-state index contributed by atoms with van der Waals surface area (Å²) in [6.45, 7) is 2.91. The average molecular weight is 387 g/mol. The van der Waals surface area contributed by atoms with Crippen LogP contribution in [-0.2, 0) is 14.8 Å². The van der Waals surface area contributed by atoms with E-state index < -0.39 is 16.1 Å². The summed E-state index contributed by atoms with van der Waals surface area (Å²) in [6, 6.07) is 17.7. The van der Waals surface area contributed by atoms with Gasteiger partial charge in [0.15, 0.2) is 0 Å². The number of hydrogen-bond donors (Lipinski definition) is 1. The molecule has 1 aliphatic rings. The molecule has 1 aliphatic heterocycles. The lowest BCUT2D eigenvalue weighted by molar-refractivity contribution is -0.125. The molecule has 6 heteroatoms. The quantitative estimate of drug-likeness (QED) is 0.829. The highest BCUT2D eigenvalue weighted by atomic mass is 32.2. The number of rotatable bonds is 6. The van der Waals surface area contributed by atoms with Crippen LogP contribution in [0.5, 0.6) is 0 Å². The van der Waals surface area contributed by atoms with Crippen molar-refractivity contribution in [3.05, 3.63) is 66.2 Å². The average Bonchev–Trinajstić information content (AvgIpc) is 2.73. The van der Waals surface area contributed by atoms with Gasteiger partial charge >= 0.3 is 0 Å². The van der Waals surface area contributed by atoms with Crippen LogP contribution in [0.15, 0.2) is 65.6 Å². The second-order valence-corrected chi connectivity index (χ2v) is 8.89. The third-order valence-electron chi connectivity index (χ3n) is 5.06. The molecule has 27 heavy (non-hydrogen) atoms. The van der Waals surface area contributed by atoms with Gasteiger partial charge in [-0.25, -0.2) is 8.42 Å². The molecule has 2 aromatic carbocycles. The number of nitrogens with zero attached hydrogens (tertiary/aromatic N) is 1. The van der Waals surface area contributed by atoms with Crippen molar-refractivity contribution in [3.8, 4) is 0 Å². The van der Waals surface area contributed by atoms with Gasteiger partial charge in [-0.05, 0) is 36.5 Å². The number of sulfonamides is 1. The third kappa shape index (κ3) is 4.57. The maximum Gasteiger partial charge on any atom is 0.243 e. The highest BCUT2D eigenvalue weighted by Gasteiger charge is 2.37. The normalized spacial score (nSPS) is 19.4. The van der Waals surface area contributed by atoms with Gasteiger partial charge in [-0.15, -0.1) is 0 Å². The lowest BCUT2D eigenvalue weighted by Gasteiger charge is -2.33. The van der Waals surface area contributed by atoms with Crippen LogP contribution in [-0.4, -0.2) is 37.8 Å². The largest absolute Gasteiger partial charge is 0.354 e. The second kappa shape index (κ2) is 8.67. The van der Waals surface area contributed by atoms with E-state index in [0.717, 1.165) is 18.4 Å². The smallest absolute Gasteiger partial charge is 0.243 e. The first-order valence-corrected chi connectivity index (χ1v) is 10.8. The summed E-state index contributed by atoms with van der Waals surface area (Å²) in [6.07, 6.45) is 2.18. The molecule has 1 heterocycles. The summed E-state index contributed by atoms with van der Waals surface area (Å²) in [5.74, 6) is -0.0464. The van der Waals surface area contributed by atoms with E-state index in [1.54, 1.807) is 30.3 Å². The molecule has 1 fully saturated rings. The first-order valence-electron chi connectivity index (χ1n) is 9.39. The third-order valence-corrected chi connectivity index (χ3v) is 6.98. The Morgan fingerprint density at radius 1 is 1.07 bits per heavy atom. The summed E-state index contributed by atoms with van der Waals surface area (Å²) in [4.78, 5) is 13.0. The van der Waals surface area contributed by atoms with E-state index in [-0.39, 0.29) is 16.7 Å². The summed E-state index contributed by atoms with van der Waals surface area (Å²) >= 11 is 0. The second-order valence-electron chi connectivity index (χ2n) is 7.00. The fourth-order valence-corrected chi connectivity index (χ4v) is 5.13. The molecule has 3 rings (SSSR count). The minimum atomic E-state index is -3.67. The van der Waals surface area contributed by atoms with Crippen LogP contribution in [0.4, 0.5) is 0 Å². The Balaban J connectivity index is 1.70. The van der Waals surface area contributed by atoms with Crippen molar-refractivity contribution in [1.82, 2.24) is 9.62 Å². The molecular formula is C21H26N2O3S. The minimum absolute atomic E-state index is 0.165. The highest BCUT2D eigenvalue weighted by molar-refractivity contribution is 7.89. The summed E-state index contributed by atoms with van der Waals surface area (Å²) in [5, 5.41) is 2.96. The van der Waals surface area contributed by atoms with Gasteiger partial charge in [-0.3, -0.25) is 4.79 Å². The van der Waals surface area contributed by atoms with Crippen LogP contribution in [0.1, 0.15) is 37.7 Å². The zero-order valence-electron chi connectivity index (χ0n) is 15.5. The summed E-state index contributed by atoms with van der Waals surface area (Å²) in [5.41, 5.74) is 1.15. The number of benzene rings is 2. The predicted octanol–water partition coefficient (Wildman–Crippen LogP) is 3.15. The maximum absolute atomic E-state index is 13.0. The molecule has 0 radical (unpaired) electrons. The predicted molar refractivity (Wildman–Crippen MR) is 106 cm³/mol. The zero-order valence-corrected chi connectivity index (χ0v) is 16.4. The van der Waals surface area contributed by atoms with E-state index in [2.05, 4.69) is 12.2 Å². The molecule has 144 valence electrons. The fraction of sp³-hybridized carbons (Fsp3) is 0.381. The highest BCUT2D eigenvalue weighted by Crippen LogP contribution is 2.25. The van der Waals surface area contributed by atoms with Crippen LogP contribution >= 0.6 is 0 Å². The van der Waals surface area contributed by atoms with Gasteiger partial charge in [-0.2, -0.15) is 4.31 Å². The lowest BCUT2D eigenvalue weighted by atomic mass is 10.0. The first-order chi connectivity index (χ1) is 13.0. The Kier molecular flexibility index (Phi) is 6.29. The topological polar surface area (TPSA) is 66.5 Å². The number of carbonyl (C=O) groups excluding carboxylic acids is 1. The van der Waals surface area contributed by atoms with Crippen molar-refractivity contribution in [3.63, 3.8) is 0 Å². The van der Waals surface area contributed by atoms with Gasteiger partial charge < -0.3 is 5.32 Å². The van der Waals surface area contributed by atoms with Gasteiger partial charge in [0, 0.05) is 13.1 Å². The number of hydrogen-bond acceptors (Lipinski definition) is 3. The van der Waals surface area contributed by atoms with Gasteiger partial charge in [0.25, 0.3) is 0 Å². The van der Waals surface area contributed by atoms with Crippen LogP contribution in [0.25, 0.3) is 0 Å². The van der Waals surface area contributed by atoms with Gasteiger partial charge in [0.05, 0.1) is 4.90 Å². The molecule has 2 unspecified atom stereocenters.